The van der Waals surface area contributed by atoms with E-state index in [1.165, 1.54) is 18.4 Å². The number of benzene rings is 1. The lowest BCUT2D eigenvalue weighted by Gasteiger charge is -2.14. The maximum atomic E-state index is 10.6. The minimum absolute atomic E-state index is 0.675. The van der Waals surface area contributed by atoms with Gasteiger partial charge in [-0.3, -0.25) is 0 Å². The van der Waals surface area contributed by atoms with Crippen molar-refractivity contribution in [3.63, 3.8) is 0 Å². The normalized spacial score (nSPS) is 15.2. The average Bonchev–Trinajstić information content (AvgIpc) is 3.00. The summed E-state index contributed by atoms with van der Waals surface area (Å²) in [6, 6.07) is 7.89. The van der Waals surface area contributed by atoms with Gasteiger partial charge >= 0.3 is 0 Å². The van der Waals surface area contributed by atoms with E-state index in [0.29, 0.717) is 5.92 Å². The quantitative estimate of drug-likeness (QED) is 0.540. The molecule has 1 saturated carbocycles. The summed E-state index contributed by atoms with van der Waals surface area (Å²) in [5, 5.41) is 4.60. The van der Waals surface area contributed by atoms with Crippen molar-refractivity contribution in [1.82, 2.24) is 0 Å². The zero-order valence-corrected chi connectivity index (χ0v) is 8.31. The van der Waals surface area contributed by atoms with E-state index >= 15 is 0 Å². The fraction of sp³-hybridized carbons (Fsp3) is 0.455. The lowest BCUT2D eigenvalue weighted by atomic mass is 10.2. The summed E-state index contributed by atoms with van der Waals surface area (Å²) in [6.07, 6.45) is 2.47. The molecule has 0 bridgehead atoms. The summed E-state index contributed by atoms with van der Waals surface area (Å²) >= 11 is 0. The molecule has 1 aliphatic carbocycles. The summed E-state index contributed by atoms with van der Waals surface area (Å²) < 4.78 is 0. The molecular formula is C11H14N2O. The minimum Gasteiger partial charge on any atom is -0.229 e. The van der Waals surface area contributed by atoms with E-state index in [9.17, 15) is 4.91 Å². The van der Waals surface area contributed by atoms with Gasteiger partial charge in [0.2, 0.25) is 0 Å². The number of rotatable bonds is 4. The molecule has 1 aliphatic rings. The van der Waals surface area contributed by atoms with E-state index in [-0.39, 0.29) is 0 Å². The van der Waals surface area contributed by atoms with Crippen molar-refractivity contribution in [1.29, 1.82) is 0 Å². The SMILES string of the molecule is Cc1ccc(N(CC2CC2)N=O)cc1. The second-order valence-electron chi connectivity index (χ2n) is 3.94. The highest BCUT2D eigenvalue weighted by Crippen LogP contribution is 2.31. The predicted octanol–water partition coefficient (Wildman–Crippen LogP) is 2.89. The first-order valence-electron chi connectivity index (χ1n) is 4.97. The summed E-state index contributed by atoms with van der Waals surface area (Å²) in [6.45, 7) is 2.80. The highest BCUT2D eigenvalue weighted by atomic mass is 16.3. The molecule has 1 aromatic carbocycles. The Morgan fingerprint density at radius 2 is 2.00 bits per heavy atom. The van der Waals surface area contributed by atoms with Crippen LogP contribution in [0.15, 0.2) is 29.6 Å². The highest BCUT2D eigenvalue weighted by Gasteiger charge is 2.25. The molecule has 14 heavy (non-hydrogen) atoms. The van der Waals surface area contributed by atoms with Crippen LogP contribution >= 0.6 is 0 Å². The minimum atomic E-state index is 0.675. The smallest absolute Gasteiger partial charge is 0.0626 e. The molecule has 0 aliphatic heterocycles. The summed E-state index contributed by atoms with van der Waals surface area (Å²) in [5.74, 6) is 0.675. The van der Waals surface area contributed by atoms with Crippen LogP contribution < -0.4 is 5.01 Å². The topological polar surface area (TPSA) is 32.7 Å². The third-order valence-electron chi connectivity index (χ3n) is 2.56. The second kappa shape index (κ2) is 3.78. The van der Waals surface area contributed by atoms with Crippen molar-refractivity contribution in [2.45, 2.75) is 19.8 Å². The molecule has 74 valence electrons. The predicted molar refractivity (Wildman–Crippen MR) is 57.0 cm³/mol. The van der Waals surface area contributed by atoms with Crippen molar-refractivity contribution in [2.24, 2.45) is 11.2 Å². The van der Waals surface area contributed by atoms with E-state index in [2.05, 4.69) is 5.29 Å². The fourth-order valence-electron chi connectivity index (χ4n) is 1.45. The Kier molecular flexibility index (Phi) is 2.48. The van der Waals surface area contributed by atoms with Crippen LogP contribution in [0.25, 0.3) is 0 Å². The average molecular weight is 190 g/mol. The first-order chi connectivity index (χ1) is 6.79. The monoisotopic (exact) mass is 190 g/mol. The van der Waals surface area contributed by atoms with Gasteiger partial charge in [0.15, 0.2) is 0 Å². The van der Waals surface area contributed by atoms with Crippen LogP contribution in [-0.4, -0.2) is 6.54 Å². The van der Waals surface area contributed by atoms with Crippen molar-refractivity contribution >= 4 is 5.69 Å². The van der Waals surface area contributed by atoms with Gasteiger partial charge in [-0.1, -0.05) is 17.7 Å². The standard InChI is InChI=1S/C11H14N2O/c1-9-2-6-11(7-3-9)13(12-14)8-10-4-5-10/h2-3,6-7,10H,4-5,8H2,1H3. The molecule has 0 heterocycles. The molecule has 0 atom stereocenters. The van der Waals surface area contributed by atoms with E-state index in [1.807, 2.05) is 31.2 Å². The van der Waals surface area contributed by atoms with E-state index in [0.717, 1.165) is 12.2 Å². The van der Waals surface area contributed by atoms with Crippen LogP contribution in [0, 0.1) is 17.7 Å². The van der Waals surface area contributed by atoms with Crippen molar-refractivity contribution in [3.05, 3.63) is 34.7 Å². The Morgan fingerprint density at radius 3 is 2.50 bits per heavy atom. The van der Waals surface area contributed by atoms with Gasteiger partial charge in [0.25, 0.3) is 0 Å². The Labute approximate surface area is 83.7 Å². The summed E-state index contributed by atoms with van der Waals surface area (Å²) in [4.78, 5) is 10.6. The van der Waals surface area contributed by atoms with Crippen LogP contribution in [0.4, 0.5) is 5.69 Å². The van der Waals surface area contributed by atoms with Gasteiger partial charge in [-0.05, 0) is 37.8 Å². The van der Waals surface area contributed by atoms with Crippen molar-refractivity contribution < 1.29 is 0 Å². The van der Waals surface area contributed by atoms with Crippen LogP contribution in [0.5, 0.6) is 0 Å². The first-order valence-corrected chi connectivity index (χ1v) is 4.97. The maximum absolute atomic E-state index is 10.6. The van der Waals surface area contributed by atoms with Gasteiger partial charge < -0.3 is 0 Å². The summed E-state index contributed by atoms with van der Waals surface area (Å²) in [7, 11) is 0. The van der Waals surface area contributed by atoms with E-state index in [1.54, 1.807) is 5.01 Å². The molecule has 2 rings (SSSR count). The number of aryl methyl sites for hydroxylation is 1. The van der Waals surface area contributed by atoms with Crippen LogP contribution in [-0.2, 0) is 0 Å². The Balaban J connectivity index is 2.09. The third-order valence-corrected chi connectivity index (χ3v) is 2.56. The zero-order chi connectivity index (χ0) is 9.97. The molecular weight excluding hydrogens is 176 g/mol. The molecule has 0 radical (unpaired) electrons. The van der Waals surface area contributed by atoms with Crippen molar-refractivity contribution in [3.8, 4) is 0 Å². The number of hydrogen-bond donors (Lipinski definition) is 0. The molecule has 0 N–H and O–H groups in total. The number of nitroso groups, excluding NO2 is 1. The number of hydrogen-bond acceptors (Lipinski definition) is 2. The Bertz CT molecular complexity index is 317. The van der Waals surface area contributed by atoms with Gasteiger partial charge in [-0.15, -0.1) is 4.91 Å². The maximum Gasteiger partial charge on any atom is 0.0626 e. The van der Waals surface area contributed by atoms with Gasteiger partial charge in [0.05, 0.1) is 11.0 Å². The first kappa shape index (κ1) is 9.19. The number of nitrogens with zero attached hydrogens (tertiary/aromatic N) is 2. The zero-order valence-electron chi connectivity index (χ0n) is 8.31. The van der Waals surface area contributed by atoms with Crippen LogP contribution in [0.3, 0.4) is 0 Å². The van der Waals surface area contributed by atoms with Gasteiger partial charge in [-0.25, -0.2) is 5.01 Å². The molecule has 3 heteroatoms. The van der Waals surface area contributed by atoms with Crippen LogP contribution in [0.1, 0.15) is 18.4 Å². The molecule has 0 amide bonds. The molecule has 0 saturated heterocycles. The molecule has 0 spiro atoms. The Hall–Kier alpha value is -1.38. The second-order valence-corrected chi connectivity index (χ2v) is 3.94. The summed E-state index contributed by atoms with van der Waals surface area (Å²) in [5.41, 5.74) is 2.10. The largest absolute Gasteiger partial charge is 0.229 e. The van der Waals surface area contributed by atoms with E-state index < -0.39 is 0 Å². The molecule has 0 aromatic heterocycles. The fourth-order valence-corrected chi connectivity index (χ4v) is 1.45. The van der Waals surface area contributed by atoms with Crippen LogP contribution in [0.2, 0.25) is 0 Å². The third kappa shape index (κ3) is 2.10. The lowest BCUT2D eigenvalue weighted by Crippen LogP contribution is -2.18. The van der Waals surface area contributed by atoms with Gasteiger partial charge in [0.1, 0.15) is 0 Å². The van der Waals surface area contributed by atoms with Gasteiger partial charge in [-0.2, -0.15) is 0 Å². The lowest BCUT2D eigenvalue weighted by molar-refractivity contribution is 0.748. The number of anilines is 1. The Morgan fingerprint density at radius 1 is 1.36 bits per heavy atom. The molecule has 1 fully saturated rings. The van der Waals surface area contributed by atoms with Gasteiger partial charge in [0, 0.05) is 6.54 Å². The van der Waals surface area contributed by atoms with Crippen molar-refractivity contribution in [2.75, 3.05) is 11.6 Å². The molecule has 1 aromatic rings. The van der Waals surface area contributed by atoms with E-state index in [4.69, 9.17) is 0 Å². The molecule has 3 nitrogen and oxygen atoms in total. The molecule has 0 unspecified atom stereocenters. The highest BCUT2D eigenvalue weighted by molar-refractivity contribution is 5.46.